The third-order valence-electron chi connectivity index (χ3n) is 4.69. The van der Waals surface area contributed by atoms with Gasteiger partial charge in [0.05, 0.1) is 17.8 Å². The summed E-state index contributed by atoms with van der Waals surface area (Å²) in [6, 6.07) is 17.6. The zero-order chi connectivity index (χ0) is 18.3. The van der Waals surface area contributed by atoms with Crippen molar-refractivity contribution >= 4 is 34.8 Å². The molecule has 3 nitrogen and oxygen atoms in total. The third kappa shape index (κ3) is 2.95. The molecular formula is C22H19ClN2O. The first-order valence-corrected chi connectivity index (χ1v) is 8.94. The average molecular weight is 363 g/mol. The standard InChI is InChI=1S/C22H19ClN2O/c1-14-11-15(2)24-20(14)12-19-18-5-3-4-6-21(18)25(22(19)26)13-16-7-9-17(23)10-8-16/h3-12,24H,13H2,1-2H3/b19-12-. The minimum Gasteiger partial charge on any atom is -0.359 e. The number of H-pyrrole nitrogens is 1. The molecule has 26 heavy (non-hydrogen) atoms. The Labute approximate surface area is 157 Å². The van der Waals surface area contributed by atoms with E-state index in [1.807, 2.05) is 73.4 Å². The second-order valence-corrected chi connectivity index (χ2v) is 7.08. The molecule has 2 heterocycles. The van der Waals surface area contributed by atoms with Crippen molar-refractivity contribution < 1.29 is 4.79 Å². The van der Waals surface area contributed by atoms with Gasteiger partial charge in [-0.25, -0.2) is 0 Å². The van der Waals surface area contributed by atoms with Crippen molar-refractivity contribution in [2.24, 2.45) is 0 Å². The van der Waals surface area contributed by atoms with Crippen LogP contribution in [-0.4, -0.2) is 10.9 Å². The first kappa shape index (κ1) is 16.7. The maximum Gasteiger partial charge on any atom is 0.259 e. The molecule has 1 aliphatic heterocycles. The van der Waals surface area contributed by atoms with Crippen LogP contribution in [-0.2, 0) is 11.3 Å². The number of nitrogens with one attached hydrogen (secondary N) is 1. The van der Waals surface area contributed by atoms with Crippen molar-refractivity contribution in [2.75, 3.05) is 4.90 Å². The monoisotopic (exact) mass is 362 g/mol. The van der Waals surface area contributed by atoms with Gasteiger partial charge >= 0.3 is 0 Å². The lowest BCUT2D eigenvalue weighted by Crippen LogP contribution is -2.25. The number of hydrogen-bond acceptors (Lipinski definition) is 1. The van der Waals surface area contributed by atoms with E-state index in [0.29, 0.717) is 11.6 Å². The highest BCUT2D eigenvalue weighted by Crippen LogP contribution is 2.38. The number of hydrogen-bond donors (Lipinski definition) is 1. The molecule has 0 unspecified atom stereocenters. The lowest BCUT2D eigenvalue weighted by atomic mass is 10.1. The summed E-state index contributed by atoms with van der Waals surface area (Å²) < 4.78 is 0. The van der Waals surface area contributed by atoms with E-state index in [-0.39, 0.29) is 5.91 Å². The molecule has 4 heteroatoms. The van der Waals surface area contributed by atoms with Crippen LogP contribution in [0.3, 0.4) is 0 Å². The van der Waals surface area contributed by atoms with Crippen LogP contribution in [0.5, 0.6) is 0 Å². The summed E-state index contributed by atoms with van der Waals surface area (Å²) in [7, 11) is 0. The fraction of sp³-hybridized carbons (Fsp3) is 0.136. The fourth-order valence-corrected chi connectivity index (χ4v) is 3.55. The van der Waals surface area contributed by atoms with Crippen molar-refractivity contribution in [1.29, 1.82) is 0 Å². The Morgan fingerprint density at radius 3 is 2.50 bits per heavy atom. The molecule has 0 spiro atoms. The van der Waals surface area contributed by atoms with Crippen molar-refractivity contribution in [1.82, 2.24) is 4.98 Å². The number of anilines is 1. The maximum atomic E-state index is 13.2. The van der Waals surface area contributed by atoms with Gasteiger partial charge in [-0.2, -0.15) is 0 Å². The van der Waals surface area contributed by atoms with Gasteiger partial charge in [0, 0.05) is 22.0 Å². The van der Waals surface area contributed by atoms with Crippen LogP contribution in [0.4, 0.5) is 5.69 Å². The van der Waals surface area contributed by atoms with Crippen LogP contribution in [0.2, 0.25) is 5.02 Å². The molecule has 1 aromatic heterocycles. The van der Waals surface area contributed by atoms with Gasteiger partial charge in [0.25, 0.3) is 5.91 Å². The lowest BCUT2D eigenvalue weighted by molar-refractivity contribution is -0.113. The van der Waals surface area contributed by atoms with Crippen LogP contribution in [0.25, 0.3) is 11.6 Å². The number of nitrogens with zero attached hydrogens (tertiary/aromatic N) is 1. The van der Waals surface area contributed by atoms with Crippen LogP contribution in [0, 0.1) is 13.8 Å². The Bertz CT molecular complexity index is 1010. The summed E-state index contributed by atoms with van der Waals surface area (Å²) in [5.41, 5.74) is 6.89. The molecule has 0 fully saturated rings. The summed E-state index contributed by atoms with van der Waals surface area (Å²) >= 11 is 5.98. The third-order valence-corrected chi connectivity index (χ3v) is 4.94. The Morgan fingerprint density at radius 1 is 1.08 bits per heavy atom. The number of amides is 1. The number of aromatic amines is 1. The SMILES string of the molecule is Cc1cc(C)c(/C=C2\C(=O)N(Cc3ccc(Cl)cc3)c3ccccc32)[nH]1. The minimum absolute atomic E-state index is 0.0211. The quantitative estimate of drug-likeness (QED) is 0.624. The van der Waals surface area contributed by atoms with Gasteiger partial charge in [-0.3, -0.25) is 4.79 Å². The number of rotatable bonds is 3. The molecule has 0 saturated heterocycles. The van der Waals surface area contributed by atoms with E-state index < -0.39 is 0 Å². The number of carbonyl (C=O) groups excluding carboxylic acids is 1. The van der Waals surface area contributed by atoms with Crippen molar-refractivity contribution in [3.05, 3.63) is 87.7 Å². The first-order valence-electron chi connectivity index (χ1n) is 8.56. The van der Waals surface area contributed by atoms with E-state index in [2.05, 4.69) is 11.1 Å². The Morgan fingerprint density at radius 2 is 1.81 bits per heavy atom. The topological polar surface area (TPSA) is 36.1 Å². The largest absolute Gasteiger partial charge is 0.359 e. The van der Waals surface area contributed by atoms with Gasteiger partial charge in [-0.1, -0.05) is 41.9 Å². The molecule has 2 aromatic carbocycles. The van der Waals surface area contributed by atoms with Crippen LogP contribution < -0.4 is 4.90 Å². The van der Waals surface area contributed by atoms with E-state index in [9.17, 15) is 4.79 Å². The number of aromatic nitrogens is 1. The fourth-order valence-electron chi connectivity index (χ4n) is 3.42. The Kier molecular flexibility index (Phi) is 4.17. The molecule has 0 radical (unpaired) electrons. The van der Waals surface area contributed by atoms with E-state index in [0.717, 1.165) is 39.3 Å². The smallest absolute Gasteiger partial charge is 0.259 e. The first-order chi connectivity index (χ1) is 12.5. The highest BCUT2D eigenvalue weighted by atomic mass is 35.5. The van der Waals surface area contributed by atoms with Gasteiger partial charge in [-0.15, -0.1) is 0 Å². The molecular weight excluding hydrogens is 344 g/mol. The minimum atomic E-state index is 0.0211. The normalized spacial score (nSPS) is 15.0. The van der Waals surface area contributed by atoms with Gasteiger partial charge in [-0.05, 0) is 55.3 Å². The second-order valence-electron chi connectivity index (χ2n) is 6.64. The molecule has 130 valence electrons. The highest BCUT2D eigenvalue weighted by molar-refractivity contribution is 6.35. The second kappa shape index (κ2) is 6.50. The number of fused-ring (bicyclic) bond motifs is 1. The Hall–Kier alpha value is -2.78. The molecule has 3 aromatic rings. The predicted octanol–water partition coefficient (Wildman–Crippen LogP) is 5.37. The van der Waals surface area contributed by atoms with Crippen molar-refractivity contribution in [3.8, 4) is 0 Å². The zero-order valence-electron chi connectivity index (χ0n) is 14.7. The predicted molar refractivity (Wildman–Crippen MR) is 107 cm³/mol. The van der Waals surface area contributed by atoms with Crippen LogP contribution >= 0.6 is 11.6 Å². The maximum absolute atomic E-state index is 13.2. The number of halogens is 1. The van der Waals surface area contributed by atoms with Gasteiger partial charge in [0.1, 0.15) is 0 Å². The molecule has 1 N–H and O–H groups in total. The van der Waals surface area contributed by atoms with Gasteiger partial charge in [0.15, 0.2) is 0 Å². The Balaban J connectivity index is 1.75. The molecule has 1 amide bonds. The number of para-hydroxylation sites is 1. The van der Waals surface area contributed by atoms with Gasteiger partial charge < -0.3 is 9.88 Å². The van der Waals surface area contributed by atoms with Crippen LogP contribution in [0.1, 0.15) is 28.1 Å². The molecule has 4 rings (SSSR count). The summed E-state index contributed by atoms with van der Waals surface area (Å²) in [5.74, 6) is 0.0211. The highest BCUT2D eigenvalue weighted by Gasteiger charge is 2.32. The zero-order valence-corrected chi connectivity index (χ0v) is 15.5. The van der Waals surface area contributed by atoms with Crippen molar-refractivity contribution in [2.45, 2.75) is 20.4 Å². The molecule has 0 saturated carbocycles. The molecule has 0 aliphatic carbocycles. The molecule has 0 bridgehead atoms. The average Bonchev–Trinajstić information content (AvgIpc) is 3.08. The summed E-state index contributed by atoms with van der Waals surface area (Å²) in [6.45, 7) is 4.59. The number of benzene rings is 2. The van der Waals surface area contributed by atoms with E-state index in [1.54, 1.807) is 0 Å². The summed E-state index contributed by atoms with van der Waals surface area (Å²) in [4.78, 5) is 18.3. The van der Waals surface area contributed by atoms with E-state index in [1.165, 1.54) is 0 Å². The molecule has 0 atom stereocenters. The van der Waals surface area contributed by atoms with E-state index >= 15 is 0 Å². The van der Waals surface area contributed by atoms with Crippen molar-refractivity contribution in [3.63, 3.8) is 0 Å². The number of carbonyl (C=O) groups is 1. The molecule has 1 aliphatic rings. The summed E-state index contributed by atoms with van der Waals surface area (Å²) in [6.07, 6.45) is 1.96. The summed E-state index contributed by atoms with van der Waals surface area (Å²) in [5, 5.41) is 0.695. The lowest BCUT2D eigenvalue weighted by Gasteiger charge is -2.17. The van der Waals surface area contributed by atoms with E-state index in [4.69, 9.17) is 11.6 Å². The number of aryl methyl sites for hydroxylation is 2. The van der Waals surface area contributed by atoms with Gasteiger partial charge in [0.2, 0.25) is 0 Å². The van der Waals surface area contributed by atoms with Crippen LogP contribution in [0.15, 0.2) is 54.6 Å².